The van der Waals surface area contributed by atoms with Gasteiger partial charge in [-0.1, -0.05) is 61.1 Å². The summed E-state index contributed by atoms with van der Waals surface area (Å²) >= 11 is -1.29. The summed E-state index contributed by atoms with van der Waals surface area (Å²) in [5.74, 6) is -0.692. The van der Waals surface area contributed by atoms with Crippen LogP contribution in [0.1, 0.15) is 57.1 Å². The average Bonchev–Trinajstić information content (AvgIpc) is 3.49. The monoisotopic (exact) mass is 495 g/mol. The van der Waals surface area contributed by atoms with Gasteiger partial charge in [-0.05, 0) is 50.3 Å². The van der Waals surface area contributed by atoms with Crippen LogP contribution in [0.2, 0.25) is 25.7 Å². The molecule has 1 saturated carbocycles. The summed E-state index contributed by atoms with van der Waals surface area (Å²) in [5, 5.41) is 9.74. The van der Waals surface area contributed by atoms with Crippen LogP contribution < -0.4 is 0 Å². The van der Waals surface area contributed by atoms with Gasteiger partial charge in [0.25, 0.3) is 0 Å². The van der Waals surface area contributed by atoms with E-state index < -0.39 is 41.6 Å². The maximum Gasteiger partial charge on any atom is 0.310 e. The van der Waals surface area contributed by atoms with Crippen molar-refractivity contribution < 1.29 is 23.9 Å². The average molecular weight is 496 g/mol. The number of aliphatic carboxylic acids is 1. The van der Waals surface area contributed by atoms with Gasteiger partial charge >= 0.3 is 5.97 Å². The first-order chi connectivity index (χ1) is 15.3. The van der Waals surface area contributed by atoms with Gasteiger partial charge in [-0.3, -0.25) is 4.79 Å². The summed E-state index contributed by atoms with van der Waals surface area (Å²) in [4.78, 5) is 11.9. The highest BCUT2D eigenvalue weighted by atomic mass is 32.2. The van der Waals surface area contributed by atoms with Gasteiger partial charge in [-0.25, -0.2) is 0 Å². The lowest BCUT2D eigenvalue weighted by molar-refractivity contribution is -0.140. The Morgan fingerprint density at radius 1 is 1.27 bits per heavy atom. The van der Waals surface area contributed by atoms with Crippen molar-refractivity contribution in [2.75, 3.05) is 26.6 Å². The first kappa shape index (κ1) is 26.7. The number of carbonyl (C=O) groups is 1. The molecule has 1 N–H and O–H groups in total. The molecular weight excluding hydrogens is 454 g/mol. The van der Waals surface area contributed by atoms with E-state index in [0.29, 0.717) is 32.2 Å². The van der Waals surface area contributed by atoms with Crippen molar-refractivity contribution in [2.24, 2.45) is 5.92 Å². The molecule has 2 unspecified atom stereocenters. The fraction of sp³-hybridized carbons (Fsp3) is 0.720. The molecule has 0 radical (unpaired) electrons. The van der Waals surface area contributed by atoms with Crippen LogP contribution in [0, 0.1) is 5.92 Å². The van der Waals surface area contributed by atoms with Crippen LogP contribution in [0.4, 0.5) is 0 Å². The summed E-state index contributed by atoms with van der Waals surface area (Å²) in [7, 11) is -1.22. The molecule has 0 aromatic heterocycles. The molecule has 1 saturated heterocycles. The molecule has 0 bridgehead atoms. The molecule has 2 aliphatic rings. The summed E-state index contributed by atoms with van der Waals surface area (Å²) in [6.07, 6.45) is 2.97. The molecule has 1 aliphatic heterocycles. The Labute approximate surface area is 203 Å². The van der Waals surface area contributed by atoms with Crippen LogP contribution in [0.3, 0.4) is 0 Å². The lowest BCUT2D eigenvalue weighted by Gasteiger charge is -2.50. The molecule has 2 atom stereocenters. The third-order valence-electron chi connectivity index (χ3n) is 6.50. The number of carboxylic acids is 1. The Morgan fingerprint density at radius 3 is 2.30 bits per heavy atom. The Morgan fingerprint density at radius 2 is 1.88 bits per heavy atom. The second kappa shape index (κ2) is 10.4. The van der Waals surface area contributed by atoms with E-state index in [0.717, 1.165) is 30.0 Å². The maximum absolute atomic E-state index is 13.6. The number of carboxylic acid groups (broad SMARTS) is 1. The van der Waals surface area contributed by atoms with Gasteiger partial charge in [0, 0.05) is 26.0 Å². The third-order valence-corrected chi connectivity index (χ3v) is 10.1. The first-order valence-electron chi connectivity index (χ1n) is 12.0. The van der Waals surface area contributed by atoms with Crippen molar-refractivity contribution in [1.29, 1.82) is 0 Å². The minimum absolute atomic E-state index is 0.277. The molecular formula is C25H41NO5SSi. The Balaban J connectivity index is 1.82. The minimum Gasteiger partial charge on any atom is -0.597 e. The summed E-state index contributed by atoms with van der Waals surface area (Å²) in [6.45, 7) is 14.7. The molecule has 1 aliphatic carbocycles. The number of rotatable bonds is 12. The Kier molecular flexibility index (Phi) is 8.40. The summed E-state index contributed by atoms with van der Waals surface area (Å²) in [6, 6.07) is 8.91. The highest BCUT2D eigenvalue weighted by Gasteiger charge is 2.54. The zero-order valence-corrected chi connectivity index (χ0v) is 22.9. The van der Waals surface area contributed by atoms with Crippen molar-refractivity contribution in [1.82, 2.24) is 4.31 Å². The van der Waals surface area contributed by atoms with E-state index in [4.69, 9.17) is 9.47 Å². The largest absolute Gasteiger partial charge is 0.597 e. The Bertz CT molecular complexity index is 797. The molecule has 1 aromatic rings. The molecule has 3 rings (SSSR count). The van der Waals surface area contributed by atoms with Gasteiger partial charge in [0.1, 0.15) is 17.0 Å². The topological polar surface area (TPSA) is 82.1 Å². The van der Waals surface area contributed by atoms with Crippen molar-refractivity contribution in [2.45, 2.75) is 81.9 Å². The fourth-order valence-electron chi connectivity index (χ4n) is 4.03. The molecule has 186 valence electrons. The first-order valence-corrected chi connectivity index (χ1v) is 16.8. The Hall–Kier alpha value is -0.903. The van der Waals surface area contributed by atoms with Crippen molar-refractivity contribution >= 4 is 25.4 Å². The third kappa shape index (κ3) is 6.83. The standard InChI is InChI=1S/C25H41NO5SSi/c1-24(2,3)32(29)26(18-30-13-14-33(4,5)6)25(16-31-17-25)21-11-9-20(10-12-21)22(23(27)28)15-19-7-8-19/h9-12,19,22H,7-8,13-18H2,1-6H3,(H,27,28). The van der Waals surface area contributed by atoms with Gasteiger partial charge in [0.05, 0.1) is 19.1 Å². The number of nitrogens with zero attached hydrogens (tertiary/aromatic N) is 1. The van der Waals surface area contributed by atoms with E-state index in [9.17, 15) is 14.5 Å². The quantitative estimate of drug-likeness (QED) is 0.191. The number of benzene rings is 1. The van der Waals surface area contributed by atoms with Gasteiger partial charge in [-0.15, -0.1) is 0 Å². The molecule has 1 aromatic carbocycles. The molecule has 0 spiro atoms. The maximum atomic E-state index is 13.6. The fourth-order valence-corrected chi connectivity index (χ4v) is 6.15. The predicted molar refractivity (Wildman–Crippen MR) is 135 cm³/mol. The van der Waals surface area contributed by atoms with Crippen LogP contribution in [-0.4, -0.2) is 59.3 Å². The minimum atomic E-state index is -1.29. The van der Waals surface area contributed by atoms with Crippen LogP contribution >= 0.6 is 0 Å². The number of ether oxygens (including phenoxy) is 2. The lowest BCUT2D eigenvalue weighted by Crippen LogP contribution is -2.64. The van der Waals surface area contributed by atoms with Gasteiger partial charge in [0.2, 0.25) is 0 Å². The van der Waals surface area contributed by atoms with Gasteiger partial charge < -0.3 is 19.1 Å². The summed E-state index contributed by atoms with van der Waals surface area (Å²) in [5.41, 5.74) is 1.30. The molecule has 8 heteroatoms. The molecule has 33 heavy (non-hydrogen) atoms. The second-order valence-electron chi connectivity index (χ2n) is 11.8. The van der Waals surface area contributed by atoms with Crippen LogP contribution in [0.15, 0.2) is 24.3 Å². The molecule has 2 fully saturated rings. The summed E-state index contributed by atoms with van der Waals surface area (Å²) < 4.78 is 26.8. The van der Waals surface area contributed by atoms with Crippen molar-refractivity contribution in [3.8, 4) is 0 Å². The van der Waals surface area contributed by atoms with E-state index in [1.807, 2.05) is 49.3 Å². The van der Waals surface area contributed by atoms with E-state index in [-0.39, 0.29) is 6.73 Å². The van der Waals surface area contributed by atoms with Gasteiger partial charge in [0.15, 0.2) is 0 Å². The highest BCUT2D eigenvalue weighted by molar-refractivity contribution is 7.90. The van der Waals surface area contributed by atoms with E-state index in [1.165, 1.54) is 0 Å². The SMILES string of the molecule is CC(C)(C)[S+]([O-])N(COCC[Si](C)(C)C)C1(c2ccc(C(CC3CC3)C(=O)O)cc2)COC1. The van der Waals surface area contributed by atoms with Crippen molar-refractivity contribution in [3.63, 3.8) is 0 Å². The van der Waals surface area contributed by atoms with Gasteiger partial charge in [-0.2, -0.15) is 0 Å². The zero-order chi connectivity index (χ0) is 24.4. The number of hydrogen-bond acceptors (Lipinski definition) is 5. The van der Waals surface area contributed by atoms with E-state index in [2.05, 4.69) is 19.6 Å². The second-order valence-corrected chi connectivity index (χ2v) is 19.6. The molecule has 1 heterocycles. The predicted octanol–water partition coefficient (Wildman–Crippen LogP) is 4.96. The van der Waals surface area contributed by atoms with Crippen molar-refractivity contribution in [3.05, 3.63) is 35.4 Å². The highest BCUT2D eigenvalue weighted by Crippen LogP contribution is 2.42. The lowest BCUT2D eigenvalue weighted by atomic mass is 9.85. The number of hydrogen-bond donors (Lipinski definition) is 1. The smallest absolute Gasteiger partial charge is 0.310 e. The zero-order valence-electron chi connectivity index (χ0n) is 21.1. The molecule has 0 amide bonds. The normalized spacial score (nSPS) is 20.4. The van der Waals surface area contributed by atoms with Crippen LogP contribution in [0.25, 0.3) is 0 Å². The van der Waals surface area contributed by atoms with E-state index in [1.54, 1.807) is 0 Å². The van der Waals surface area contributed by atoms with E-state index >= 15 is 0 Å². The van der Waals surface area contributed by atoms with Crippen LogP contribution in [-0.2, 0) is 31.2 Å². The van der Waals surface area contributed by atoms with Crippen LogP contribution in [0.5, 0.6) is 0 Å². The molecule has 6 nitrogen and oxygen atoms in total.